The van der Waals surface area contributed by atoms with Gasteiger partial charge in [0.1, 0.15) is 6.61 Å². The quantitative estimate of drug-likeness (QED) is 0.209. The standard InChI is InChI=1S/C35H39N3O4S/c1-28(38(25-29-13-5-2-6-14-29)26-30-15-7-3-8-16-30)27-42-35(39)37-23-21-31(22-24-37)36-33-19-11-12-20-34(33)43(40,41)32-17-9-4-10-18-32/h2-20,28,31,36H,21-27H2,1H3. The molecule has 0 bridgehead atoms. The number of ether oxygens (including phenoxy) is 1. The molecule has 1 amide bonds. The number of sulfone groups is 1. The van der Waals surface area contributed by atoms with Crippen LogP contribution in [0.2, 0.25) is 0 Å². The molecule has 1 saturated heterocycles. The number of likely N-dealkylation sites (tertiary alicyclic amines) is 1. The molecule has 1 unspecified atom stereocenters. The van der Waals surface area contributed by atoms with E-state index in [4.69, 9.17) is 4.74 Å². The third-order valence-corrected chi connectivity index (χ3v) is 9.70. The van der Waals surface area contributed by atoms with E-state index in [0.29, 0.717) is 38.2 Å². The number of hydrogen-bond acceptors (Lipinski definition) is 6. The minimum absolute atomic E-state index is 0.0200. The van der Waals surface area contributed by atoms with Crippen LogP contribution in [-0.4, -0.2) is 56.1 Å². The highest BCUT2D eigenvalue weighted by Gasteiger charge is 2.27. The van der Waals surface area contributed by atoms with Crippen LogP contribution in [0, 0.1) is 0 Å². The van der Waals surface area contributed by atoms with Gasteiger partial charge in [-0.2, -0.15) is 0 Å². The Bertz CT molecular complexity index is 1520. The Balaban J connectivity index is 1.15. The first-order valence-electron chi connectivity index (χ1n) is 14.8. The minimum atomic E-state index is -3.66. The summed E-state index contributed by atoms with van der Waals surface area (Å²) in [7, 11) is -3.66. The minimum Gasteiger partial charge on any atom is -0.448 e. The molecular weight excluding hydrogens is 558 g/mol. The predicted molar refractivity (Wildman–Crippen MR) is 169 cm³/mol. The summed E-state index contributed by atoms with van der Waals surface area (Å²) in [5, 5.41) is 3.43. The molecule has 0 aliphatic carbocycles. The van der Waals surface area contributed by atoms with Crippen molar-refractivity contribution in [1.29, 1.82) is 0 Å². The Morgan fingerprint density at radius 1 is 0.814 bits per heavy atom. The summed E-state index contributed by atoms with van der Waals surface area (Å²) in [6.45, 7) is 4.98. The number of para-hydroxylation sites is 1. The summed E-state index contributed by atoms with van der Waals surface area (Å²) >= 11 is 0. The van der Waals surface area contributed by atoms with Crippen LogP contribution in [0.1, 0.15) is 30.9 Å². The lowest BCUT2D eigenvalue weighted by molar-refractivity contribution is 0.0595. The maximum Gasteiger partial charge on any atom is 0.409 e. The normalized spacial score (nSPS) is 14.8. The van der Waals surface area contributed by atoms with Crippen molar-refractivity contribution in [2.24, 2.45) is 0 Å². The second-order valence-electron chi connectivity index (χ2n) is 11.0. The van der Waals surface area contributed by atoms with Crippen LogP contribution < -0.4 is 5.32 Å². The van der Waals surface area contributed by atoms with E-state index in [9.17, 15) is 13.2 Å². The van der Waals surface area contributed by atoms with E-state index in [-0.39, 0.29) is 28.0 Å². The molecule has 1 heterocycles. The molecule has 1 atom stereocenters. The van der Waals surface area contributed by atoms with Gasteiger partial charge in [-0.3, -0.25) is 4.90 Å². The van der Waals surface area contributed by atoms with Crippen molar-refractivity contribution >= 4 is 21.6 Å². The molecule has 224 valence electrons. The largest absolute Gasteiger partial charge is 0.448 e. The molecule has 8 heteroatoms. The molecule has 0 saturated carbocycles. The summed E-state index contributed by atoms with van der Waals surface area (Å²) in [5.41, 5.74) is 3.01. The monoisotopic (exact) mass is 597 g/mol. The van der Waals surface area contributed by atoms with E-state index in [1.54, 1.807) is 53.4 Å². The van der Waals surface area contributed by atoms with Gasteiger partial charge in [0.25, 0.3) is 0 Å². The fourth-order valence-corrected chi connectivity index (χ4v) is 6.81. The van der Waals surface area contributed by atoms with E-state index >= 15 is 0 Å². The van der Waals surface area contributed by atoms with Gasteiger partial charge < -0.3 is 15.0 Å². The van der Waals surface area contributed by atoms with E-state index in [1.165, 1.54) is 11.1 Å². The zero-order valence-corrected chi connectivity index (χ0v) is 25.3. The SMILES string of the molecule is CC(COC(=O)N1CCC(Nc2ccccc2S(=O)(=O)c2ccccc2)CC1)N(Cc1ccccc1)Cc1ccccc1. The Morgan fingerprint density at radius 3 is 1.91 bits per heavy atom. The molecule has 0 radical (unpaired) electrons. The van der Waals surface area contributed by atoms with Gasteiger partial charge in [-0.05, 0) is 55.2 Å². The van der Waals surface area contributed by atoms with Crippen LogP contribution >= 0.6 is 0 Å². The van der Waals surface area contributed by atoms with Crippen LogP contribution in [0.5, 0.6) is 0 Å². The molecule has 1 aliphatic heterocycles. The number of carbonyl (C=O) groups excluding carboxylic acids is 1. The average Bonchev–Trinajstić information content (AvgIpc) is 3.05. The summed E-state index contributed by atoms with van der Waals surface area (Å²) in [6, 6.07) is 36.2. The molecule has 5 rings (SSSR count). The van der Waals surface area contributed by atoms with Crippen LogP contribution in [0.4, 0.5) is 10.5 Å². The van der Waals surface area contributed by atoms with Crippen molar-refractivity contribution in [2.75, 3.05) is 25.0 Å². The lowest BCUT2D eigenvalue weighted by atomic mass is 10.1. The molecule has 4 aromatic rings. The third kappa shape index (κ3) is 8.03. The smallest absolute Gasteiger partial charge is 0.409 e. The number of rotatable bonds is 11. The lowest BCUT2D eigenvalue weighted by Gasteiger charge is -2.34. The number of amides is 1. The van der Waals surface area contributed by atoms with Gasteiger partial charge in [-0.1, -0.05) is 91.0 Å². The second-order valence-corrected chi connectivity index (χ2v) is 12.9. The van der Waals surface area contributed by atoms with Crippen molar-refractivity contribution in [3.63, 3.8) is 0 Å². The van der Waals surface area contributed by atoms with Crippen LogP contribution in [0.25, 0.3) is 0 Å². The van der Waals surface area contributed by atoms with Crippen molar-refractivity contribution in [3.05, 3.63) is 126 Å². The number of benzene rings is 4. The predicted octanol–water partition coefficient (Wildman–Crippen LogP) is 6.62. The van der Waals surface area contributed by atoms with Crippen molar-refractivity contribution in [1.82, 2.24) is 9.80 Å². The first kappa shape index (κ1) is 30.3. The first-order valence-corrected chi connectivity index (χ1v) is 16.3. The fraction of sp³-hybridized carbons (Fsp3) is 0.286. The molecule has 1 fully saturated rings. The maximum atomic E-state index is 13.3. The Hall–Kier alpha value is -4.14. The van der Waals surface area contributed by atoms with Crippen molar-refractivity contribution < 1.29 is 17.9 Å². The van der Waals surface area contributed by atoms with Crippen molar-refractivity contribution in [3.8, 4) is 0 Å². The first-order chi connectivity index (χ1) is 20.9. The third-order valence-electron chi connectivity index (χ3n) is 7.87. The van der Waals surface area contributed by atoms with E-state index in [0.717, 1.165) is 13.1 Å². The maximum absolute atomic E-state index is 13.3. The van der Waals surface area contributed by atoms with Gasteiger partial charge in [0.05, 0.1) is 15.5 Å². The van der Waals surface area contributed by atoms with Gasteiger partial charge in [-0.25, -0.2) is 13.2 Å². The molecule has 0 spiro atoms. The molecule has 43 heavy (non-hydrogen) atoms. The number of nitrogens with one attached hydrogen (secondary N) is 1. The van der Waals surface area contributed by atoms with Gasteiger partial charge in [0.15, 0.2) is 0 Å². The van der Waals surface area contributed by atoms with Crippen LogP contribution in [0.15, 0.2) is 125 Å². The number of hydrogen-bond donors (Lipinski definition) is 1. The summed E-state index contributed by atoms with van der Waals surface area (Å²) in [4.78, 5) is 17.6. The molecule has 0 aromatic heterocycles. The second kappa shape index (κ2) is 14.4. The topological polar surface area (TPSA) is 79.0 Å². The fourth-order valence-electron chi connectivity index (χ4n) is 5.37. The lowest BCUT2D eigenvalue weighted by Crippen LogP contribution is -2.44. The molecule has 1 aliphatic rings. The van der Waals surface area contributed by atoms with Gasteiger partial charge in [0.2, 0.25) is 9.84 Å². The highest BCUT2D eigenvalue weighted by atomic mass is 32.2. The Kier molecular flexibility index (Phi) is 10.1. The van der Waals surface area contributed by atoms with E-state index in [1.807, 2.05) is 42.5 Å². The molecule has 4 aromatic carbocycles. The molecule has 7 nitrogen and oxygen atoms in total. The van der Waals surface area contributed by atoms with E-state index in [2.05, 4.69) is 41.4 Å². The zero-order valence-electron chi connectivity index (χ0n) is 24.5. The van der Waals surface area contributed by atoms with E-state index < -0.39 is 9.84 Å². The highest BCUT2D eigenvalue weighted by Crippen LogP contribution is 2.29. The number of nitrogens with zero attached hydrogens (tertiary/aromatic N) is 2. The average molecular weight is 598 g/mol. The Morgan fingerprint density at radius 2 is 1.33 bits per heavy atom. The van der Waals surface area contributed by atoms with Crippen molar-refractivity contribution in [2.45, 2.75) is 54.7 Å². The number of carbonyl (C=O) groups is 1. The summed E-state index contributed by atoms with van der Waals surface area (Å²) < 4.78 is 32.4. The highest BCUT2D eigenvalue weighted by molar-refractivity contribution is 7.91. The number of anilines is 1. The molecule has 1 N–H and O–H groups in total. The van der Waals surface area contributed by atoms with Crippen LogP contribution in [-0.2, 0) is 27.7 Å². The van der Waals surface area contributed by atoms with Gasteiger partial charge in [-0.15, -0.1) is 0 Å². The summed E-state index contributed by atoms with van der Waals surface area (Å²) in [6.07, 6.45) is 1.08. The van der Waals surface area contributed by atoms with Crippen LogP contribution in [0.3, 0.4) is 0 Å². The summed E-state index contributed by atoms with van der Waals surface area (Å²) in [5.74, 6) is 0. The molecular formula is C35H39N3O4S. The number of piperidine rings is 1. The van der Waals surface area contributed by atoms with Gasteiger partial charge in [0, 0.05) is 38.3 Å². The Labute approximate surface area is 255 Å². The zero-order chi connectivity index (χ0) is 30.1. The van der Waals surface area contributed by atoms with Gasteiger partial charge >= 0.3 is 6.09 Å².